The molecule has 1 unspecified atom stereocenters. The number of aryl methyl sites for hydroxylation is 1. The van der Waals surface area contributed by atoms with Crippen molar-refractivity contribution >= 4 is 10.8 Å². The molecule has 1 heteroatoms. The molecule has 2 aromatic rings. The SMILES string of the molecule is COC(C)c1cc(C)c2ccccc2c1. The molecule has 0 aliphatic heterocycles. The highest BCUT2D eigenvalue weighted by molar-refractivity contribution is 5.86. The first-order valence-corrected chi connectivity index (χ1v) is 5.24. The van der Waals surface area contributed by atoms with E-state index in [0.29, 0.717) is 0 Å². The number of rotatable bonds is 2. The number of methoxy groups -OCH3 is 1. The molecule has 15 heavy (non-hydrogen) atoms. The van der Waals surface area contributed by atoms with Crippen molar-refractivity contribution in [3.63, 3.8) is 0 Å². The summed E-state index contributed by atoms with van der Waals surface area (Å²) in [6, 6.07) is 12.9. The maximum atomic E-state index is 5.34. The normalized spacial score (nSPS) is 13.0. The largest absolute Gasteiger partial charge is 0.377 e. The maximum Gasteiger partial charge on any atom is 0.0793 e. The molecule has 2 rings (SSSR count). The average Bonchev–Trinajstić information content (AvgIpc) is 2.28. The standard InChI is InChI=1S/C14H16O/c1-10-8-13(11(2)15-3)9-12-6-4-5-7-14(10)12/h4-9,11H,1-3H3. The summed E-state index contributed by atoms with van der Waals surface area (Å²) >= 11 is 0. The van der Waals surface area contributed by atoms with Crippen LogP contribution < -0.4 is 0 Å². The molecule has 1 atom stereocenters. The van der Waals surface area contributed by atoms with Crippen molar-refractivity contribution < 1.29 is 4.74 Å². The first-order valence-electron chi connectivity index (χ1n) is 5.24. The van der Waals surface area contributed by atoms with Gasteiger partial charge in [0.15, 0.2) is 0 Å². The fourth-order valence-electron chi connectivity index (χ4n) is 1.90. The first-order chi connectivity index (χ1) is 7.22. The lowest BCUT2D eigenvalue weighted by molar-refractivity contribution is 0.119. The molecular weight excluding hydrogens is 184 g/mol. The number of hydrogen-bond donors (Lipinski definition) is 0. The molecule has 0 heterocycles. The maximum absolute atomic E-state index is 5.34. The van der Waals surface area contributed by atoms with Gasteiger partial charge in [0.2, 0.25) is 0 Å². The summed E-state index contributed by atoms with van der Waals surface area (Å²) in [5.74, 6) is 0. The lowest BCUT2D eigenvalue weighted by Gasteiger charge is -2.12. The third-order valence-electron chi connectivity index (χ3n) is 2.91. The monoisotopic (exact) mass is 200 g/mol. The van der Waals surface area contributed by atoms with Gasteiger partial charge in [0.1, 0.15) is 0 Å². The van der Waals surface area contributed by atoms with Crippen LogP contribution in [0, 0.1) is 6.92 Å². The van der Waals surface area contributed by atoms with Crippen LogP contribution in [-0.2, 0) is 4.74 Å². The summed E-state index contributed by atoms with van der Waals surface area (Å²) in [7, 11) is 1.75. The first kappa shape index (κ1) is 10.2. The van der Waals surface area contributed by atoms with E-state index in [9.17, 15) is 0 Å². The van der Waals surface area contributed by atoms with Crippen molar-refractivity contribution in [1.82, 2.24) is 0 Å². The van der Waals surface area contributed by atoms with Gasteiger partial charge in [-0.2, -0.15) is 0 Å². The molecule has 0 fully saturated rings. The Bertz CT molecular complexity index is 474. The highest BCUT2D eigenvalue weighted by Crippen LogP contribution is 2.25. The summed E-state index contributed by atoms with van der Waals surface area (Å²) in [5.41, 5.74) is 2.56. The second kappa shape index (κ2) is 4.03. The lowest BCUT2D eigenvalue weighted by Crippen LogP contribution is -1.96. The zero-order valence-corrected chi connectivity index (χ0v) is 9.45. The third kappa shape index (κ3) is 1.88. The Morgan fingerprint density at radius 2 is 1.87 bits per heavy atom. The van der Waals surface area contributed by atoms with Crippen molar-refractivity contribution in [1.29, 1.82) is 0 Å². The van der Waals surface area contributed by atoms with Crippen LogP contribution in [0.15, 0.2) is 36.4 Å². The molecule has 0 saturated carbocycles. The zero-order valence-electron chi connectivity index (χ0n) is 9.45. The fourth-order valence-corrected chi connectivity index (χ4v) is 1.90. The van der Waals surface area contributed by atoms with E-state index in [0.717, 1.165) is 0 Å². The van der Waals surface area contributed by atoms with Crippen LogP contribution in [0.4, 0.5) is 0 Å². The van der Waals surface area contributed by atoms with E-state index < -0.39 is 0 Å². The molecule has 0 spiro atoms. The number of ether oxygens (including phenoxy) is 1. The molecule has 0 N–H and O–H groups in total. The molecular formula is C14H16O. The minimum atomic E-state index is 0.160. The number of fused-ring (bicyclic) bond motifs is 1. The second-order valence-electron chi connectivity index (χ2n) is 3.94. The van der Waals surface area contributed by atoms with Crippen LogP contribution in [0.3, 0.4) is 0 Å². The quantitative estimate of drug-likeness (QED) is 0.715. The molecule has 0 aromatic heterocycles. The molecule has 0 aliphatic rings. The van der Waals surface area contributed by atoms with Gasteiger partial charge in [-0.05, 0) is 41.8 Å². The molecule has 0 aliphatic carbocycles. The summed E-state index contributed by atoms with van der Waals surface area (Å²) in [4.78, 5) is 0. The van der Waals surface area contributed by atoms with E-state index in [2.05, 4.69) is 50.2 Å². The Hall–Kier alpha value is -1.34. The minimum Gasteiger partial charge on any atom is -0.377 e. The minimum absolute atomic E-state index is 0.160. The van der Waals surface area contributed by atoms with Crippen LogP contribution >= 0.6 is 0 Å². The van der Waals surface area contributed by atoms with Gasteiger partial charge in [-0.3, -0.25) is 0 Å². The number of benzene rings is 2. The fraction of sp³-hybridized carbons (Fsp3) is 0.286. The van der Waals surface area contributed by atoms with E-state index in [1.807, 2.05) is 0 Å². The van der Waals surface area contributed by atoms with Gasteiger partial charge in [0, 0.05) is 7.11 Å². The molecule has 0 bridgehead atoms. The Morgan fingerprint density at radius 3 is 2.60 bits per heavy atom. The summed E-state index contributed by atoms with van der Waals surface area (Å²) in [6.45, 7) is 4.22. The van der Waals surface area contributed by atoms with Gasteiger partial charge in [0.05, 0.1) is 6.10 Å². The molecule has 0 radical (unpaired) electrons. The van der Waals surface area contributed by atoms with Gasteiger partial charge in [0.25, 0.3) is 0 Å². The Morgan fingerprint density at radius 1 is 1.13 bits per heavy atom. The predicted molar refractivity (Wildman–Crippen MR) is 64.1 cm³/mol. The smallest absolute Gasteiger partial charge is 0.0793 e. The van der Waals surface area contributed by atoms with Crippen LogP contribution in [0.25, 0.3) is 10.8 Å². The summed E-state index contributed by atoms with van der Waals surface area (Å²) in [5, 5.41) is 2.61. The van der Waals surface area contributed by atoms with E-state index in [-0.39, 0.29) is 6.10 Å². The van der Waals surface area contributed by atoms with Crippen LogP contribution in [0.5, 0.6) is 0 Å². The van der Waals surface area contributed by atoms with Crippen molar-refractivity contribution in [3.8, 4) is 0 Å². The highest BCUT2D eigenvalue weighted by atomic mass is 16.5. The van der Waals surface area contributed by atoms with E-state index in [1.54, 1.807) is 7.11 Å². The highest BCUT2D eigenvalue weighted by Gasteiger charge is 2.06. The van der Waals surface area contributed by atoms with E-state index in [1.165, 1.54) is 21.9 Å². The molecule has 0 saturated heterocycles. The van der Waals surface area contributed by atoms with Gasteiger partial charge < -0.3 is 4.74 Å². The Balaban J connectivity index is 2.62. The summed E-state index contributed by atoms with van der Waals surface area (Å²) in [6.07, 6.45) is 0.160. The van der Waals surface area contributed by atoms with Crippen molar-refractivity contribution in [2.45, 2.75) is 20.0 Å². The van der Waals surface area contributed by atoms with Gasteiger partial charge in [-0.25, -0.2) is 0 Å². The van der Waals surface area contributed by atoms with Gasteiger partial charge in [-0.1, -0.05) is 30.3 Å². The van der Waals surface area contributed by atoms with Gasteiger partial charge >= 0.3 is 0 Å². The van der Waals surface area contributed by atoms with E-state index >= 15 is 0 Å². The van der Waals surface area contributed by atoms with Crippen LogP contribution in [0.1, 0.15) is 24.2 Å². The van der Waals surface area contributed by atoms with Crippen molar-refractivity contribution in [2.24, 2.45) is 0 Å². The predicted octanol–water partition coefficient (Wildman–Crippen LogP) is 3.86. The molecule has 1 nitrogen and oxygen atoms in total. The lowest BCUT2D eigenvalue weighted by atomic mass is 9.99. The topological polar surface area (TPSA) is 9.23 Å². The molecule has 0 amide bonds. The Labute approximate surface area is 90.7 Å². The van der Waals surface area contributed by atoms with Crippen LogP contribution in [0.2, 0.25) is 0 Å². The molecule has 78 valence electrons. The average molecular weight is 200 g/mol. The van der Waals surface area contributed by atoms with Crippen molar-refractivity contribution in [3.05, 3.63) is 47.5 Å². The number of hydrogen-bond acceptors (Lipinski definition) is 1. The summed E-state index contributed by atoms with van der Waals surface area (Å²) < 4.78 is 5.34. The third-order valence-corrected chi connectivity index (χ3v) is 2.91. The van der Waals surface area contributed by atoms with Crippen LogP contribution in [-0.4, -0.2) is 7.11 Å². The Kier molecular flexibility index (Phi) is 2.74. The van der Waals surface area contributed by atoms with Crippen molar-refractivity contribution in [2.75, 3.05) is 7.11 Å². The molecule has 2 aromatic carbocycles. The second-order valence-corrected chi connectivity index (χ2v) is 3.94. The van der Waals surface area contributed by atoms with Gasteiger partial charge in [-0.15, -0.1) is 0 Å². The van der Waals surface area contributed by atoms with E-state index in [4.69, 9.17) is 4.74 Å². The zero-order chi connectivity index (χ0) is 10.8.